The van der Waals surface area contributed by atoms with Gasteiger partial charge in [-0.2, -0.15) is 8.78 Å². The molecule has 0 aliphatic rings. The highest BCUT2D eigenvalue weighted by atomic mass is 127. The Hall–Kier alpha value is -2.63. The smallest absolute Gasteiger partial charge is 0.387 e. The van der Waals surface area contributed by atoms with E-state index in [1.807, 2.05) is 25.1 Å². The van der Waals surface area contributed by atoms with Crippen molar-refractivity contribution < 1.29 is 23.0 Å². The van der Waals surface area contributed by atoms with Crippen molar-refractivity contribution in [1.82, 2.24) is 10.6 Å². The van der Waals surface area contributed by atoms with Crippen molar-refractivity contribution in [3.05, 3.63) is 53.6 Å². The van der Waals surface area contributed by atoms with E-state index >= 15 is 0 Å². The van der Waals surface area contributed by atoms with Gasteiger partial charge in [0.25, 0.3) is 0 Å². The van der Waals surface area contributed by atoms with E-state index in [0.717, 1.165) is 5.56 Å². The second-order valence-electron chi connectivity index (χ2n) is 6.28. The highest BCUT2D eigenvalue weighted by Gasteiger charge is 2.11. The van der Waals surface area contributed by atoms with Gasteiger partial charge in [0.05, 0.1) is 13.7 Å². The molecular formula is C21H27F2IN4O3. The van der Waals surface area contributed by atoms with E-state index < -0.39 is 6.61 Å². The fourth-order valence-corrected chi connectivity index (χ4v) is 2.67. The van der Waals surface area contributed by atoms with Crippen LogP contribution in [0, 0.1) is 0 Å². The summed E-state index contributed by atoms with van der Waals surface area (Å²) in [6.07, 6.45) is 0. The average molecular weight is 548 g/mol. The minimum atomic E-state index is -2.92. The number of aliphatic imine (C=N–C) groups is 1. The normalized spacial score (nSPS) is 10.8. The molecule has 2 aromatic rings. The van der Waals surface area contributed by atoms with E-state index in [1.54, 1.807) is 18.2 Å². The molecule has 170 valence electrons. The van der Waals surface area contributed by atoms with E-state index in [1.165, 1.54) is 20.1 Å². The molecule has 0 saturated carbocycles. The van der Waals surface area contributed by atoms with Gasteiger partial charge in [-0.05, 0) is 42.8 Å². The number of carbonyl (C=O) groups is 1. The highest BCUT2D eigenvalue weighted by Crippen LogP contribution is 2.25. The Balaban J connectivity index is 0.00000480. The van der Waals surface area contributed by atoms with Crippen LogP contribution in [0.3, 0.4) is 0 Å². The summed E-state index contributed by atoms with van der Waals surface area (Å²) in [6, 6.07) is 12.0. The molecule has 0 fully saturated rings. The first kappa shape index (κ1) is 26.4. The summed E-state index contributed by atoms with van der Waals surface area (Å²) in [6.45, 7) is 1.64. The minimum Gasteiger partial charge on any atom is -0.497 e. The van der Waals surface area contributed by atoms with Gasteiger partial charge in [0, 0.05) is 31.3 Å². The lowest BCUT2D eigenvalue weighted by atomic mass is 10.2. The Bertz CT molecular complexity index is 881. The van der Waals surface area contributed by atoms with Gasteiger partial charge >= 0.3 is 6.61 Å². The number of amides is 1. The number of alkyl halides is 2. The van der Waals surface area contributed by atoms with Crippen LogP contribution in [0.5, 0.6) is 11.5 Å². The Morgan fingerprint density at radius 2 is 1.94 bits per heavy atom. The zero-order chi connectivity index (χ0) is 21.9. The lowest BCUT2D eigenvalue weighted by molar-refractivity contribution is -0.114. The van der Waals surface area contributed by atoms with Crippen molar-refractivity contribution >= 4 is 41.5 Å². The molecule has 0 aliphatic heterocycles. The van der Waals surface area contributed by atoms with E-state index in [0.29, 0.717) is 36.0 Å². The summed E-state index contributed by atoms with van der Waals surface area (Å²) in [4.78, 5) is 15.7. The van der Waals surface area contributed by atoms with Crippen LogP contribution < -0.4 is 25.4 Å². The molecule has 0 radical (unpaired) electrons. The monoisotopic (exact) mass is 548 g/mol. The van der Waals surface area contributed by atoms with Gasteiger partial charge in [0.15, 0.2) is 5.96 Å². The van der Waals surface area contributed by atoms with Gasteiger partial charge in [-0.1, -0.05) is 12.1 Å². The summed E-state index contributed by atoms with van der Waals surface area (Å²) < 4.78 is 35.1. The number of ether oxygens (including phenoxy) is 2. The van der Waals surface area contributed by atoms with Gasteiger partial charge in [0.1, 0.15) is 11.5 Å². The van der Waals surface area contributed by atoms with Crippen molar-refractivity contribution in [1.29, 1.82) is 0 Å². The largest absolute Gasteiger partial charge is 0.497 e. The average Bonchev–Trinajstić information content (AvgIpc) is 2.70. The van der Waals surface area contributed by atoms with Gasteiger partial charge in [0.2, 0.25) is 5.91 Å². The van der Waals surface area contributed by atoms with Crippen LogP contribution in [0.1, 0.15) is 25.0 Å². The number of nitrogens with zero attached hydrogens (tertiary/aromatic N) is 1. The first-order valence-electron chi connectivity index (χ1n) is 9.41. The van der Waals surface area contributed by atoms with E-state index in [9.17, 15) is 13.6 Å². The van der Waals surface area contributed by atoms with Crippen molar-refractivity contribution in [2.75, 3.05) is 19.0 Å². The van der Waals surface area contributed by atoms with Crippen molar-refractivity contribution in [2.24, 2.45) is 4.99 Å². The first-order valence-corrected chi connectivity index (χ1v) is 9.41. The predicted octanol–water partition coefficient (Wildman–Crippen LogP) is 4.13. The molecule has 7 nitrogen and oxygen atoms in total. The number of rotatable bonds is 9. The number of carbonyl (C=O) groups excluding carboxylic acids is 1. The van der Waals surface area contributed by atoms with Crippen LogP contribution in [0.25, 0.3) is 0 Å². The second-order valence-corrected chi connectivity index (χ2v) is 6.28. The molecule has 0 aromatic heterocycles. The van der Waals surface area contributed by atoms with E-state index in [-0.39, 0.29) is 42.2 Å². The van der Waals surface area contributed by atoms with Crippen molar-refractivity contribution in [2.45, 2.75) is 33.5 Å². The summed E-state index contributed by atoms with van der Waals surface area (Å²) in [5, 5.41) is 8.95. The predicted molar refractivity (Wildman–Crippen MR) is 127 cm³/mol. The molecule has 0 aliphatic carbocycles. The summed E-state index contributed by atoms with van der Waals surface area (Å²) in [5.41, 5.74) is 2.10. The van der Waals surface area contributed by atoms with Gasteiger partial charge < -0.3 is 25.4 Å². The molecule has 0 spiro atoms. The van der Waals surface area contributed by atoms with Crippen molar-refractivity contribution in [3.63, 3.8) is 0 Å². The fraction of sp³-hybridized carbons (Fsp3) is 0.333. The third kappa shape index (κ3) is 9.37. The SMILES string of the molecule is CCNC(=NCc1cccc(NC(C)=O)c1)NCc1cc(OC)ccc1OC(F)F.I. The summed E-state index contributed by atoms with van der Waals surface area (Å²) in [5.74, 6) is 0.960. The minimum absolute atomic E-state index is 0. The molecule has 1 amide bonds. The number of halogens is 3. The number of guanidine groups is 1. The van der Waals surface area contributed by atoms with Gasteiger partial charge in [-0.3, -0.25) is 4.79 Å². The number of hydrogen-bond donors (Lipinski definition) is 3. The Morgan fingerprint density at radius 3 is 2.58 bits per heavy atom. The third-order valence-corrected chi connectivity index (χ3v) is 3.94. The van der Waals surface area contributed by atoms with Crippen LogP contribution in [0.15, 0.2) is 47.5 Å². The maximum atomic E-state index is 12.7. The van der Waals surface area contributed by atoms with Crippen LogP contribution in [-0.4, -0.2) is 32.1 Å². The molecule has 0 saturated heterocycles. The summed E-state index contributed by atoms with van der Waals surface area (Å²) in [7, 11) is 1.50. The Labute approximate surface area is 197 Å². The van der Waals surface area contributed by atoms with E-state index in [2.05, 4.69) is 25.7 Å². The van der Waals surface area contributed by atoms with E-state index in [4.69, 9.17) is 4.74 Å². The third-order valence-electron chi connectivity index (χ3n) is 3.94. The number of anilines is 1. The zero-order valence-corrected chi connectivity index (χ0v) is 19.9. The lowest BCUT2D eigenvalue weighted by Gasteiger charge is -2.15. The molecule has 2 aromatic carbocycles. The molecule has 0 unspecified atom stereocenters. The highest BCUT2D eigenvalue weighted by molar-refractivity contribution is 14.0. The van der Waals surface area contributed by atoms with Crippen molar-refractivity contribution in [3.8, 4) is 11.5 Å². The van der Waals surface area contributed by atoms with Crippen LogP contribution >= 0.6 is 24.0 Å². The zero-order valence-electron chi connectivity index (χ0n) is 17.6. The molecule has 31 heavy (non-hydrogen) atoms. The van der Waals surface area contributed by atoms with Crippen LogP contribution in [0.2, 0.25) is 0 Å². The maximum Gasteiger partial charge on any atom is 0.387 e. The molecule has 0 bridgehead atoms. The number of nitrogens with one attached hydrogen (secondary N) is 3. The molecule has 0 atom stereocenters. The lowest BCUT2D eigenvalue weighted by Crippen LogP contribution is -2.36. The fourth-order valence-electron chi connectivity index (χ4n) is 2.67. The Kier molecular flexibility index (Phi) is 11.6. The number of hydrogen-bond acceptors (Lipinski definition) is 4. The van der Waals surface area contributed by atoms with Gasteiger partial charge in [-0.25, -0.2) is 4.99 Å². The number of benzene rings is 2. The molecular weight excluding hydrogens is 521 g/mol. The molecule has 2 rings (SSSR count). The van der Waals surface area contributed by atoms with Crippen LogP contribution in [-0.2, 0) is 17.9 Å². The Morgan fingerprint density at radius 1 is 1.16 bits per heavy atom. The standard InChI is InChI=1S/C21H26F2N4O3.HI/c1-4-24-21(25-12-15-6-5-7-17(10-15)27-14(2)28)26-13-16-11-18(29-3)8-9-19(16)30-20(22)23;/h5-11,20H,4,12-13H2,1-3H3,(H,27,28)(H2,24,25,26);1H. The molecule has 0 heterocycles. The maximum absolute atomic E-state index is 12.7. The summed E-state index contributed by atoms with van der Waals surface area (Å²) >= 11 is 0. The van der Waals surface area contributed by atoms with Gasteiger partial charge in [-0.15, -0.1) is 24.0 Å². The first-order chi connectivity index (χ1) is 14.4. The quantitative estimate of drug-likeness (QED) is 0.250. The molecule has 3 N–H and O–H groups in total. The number of methoxy groups -OCH3 is 1. The molecule has 10 heteroatoms. The second kappa shape index (κ2) is 13.6. The van der Waals surface area contributed by atoms with Crippen LogP contribution in [0.4, 0.5) is 14.5 Å². The topological polar surface area (TPSA) is 84.0 Å².